The Kier molecular flexibility index (Phi) is 4.29. The number of halogens is 1. The average Bonchev–Trinajstić information content (AvgIpc) is 3.13. The lowest BCUT2D eigenvalue weighted by Crippen LogP contribution is -2.40. The quantitative estimate of drug-likeness (QED) is 0.655. The van der Waals surface area contributed by atoms with Crippen molar-refractivity contribution in [1.82, 2.24) is 14.1 Å². The van der Waals surface area contributed by atoms with Crippen molar-refractivity contribution in [3.05, 3.63) is 57.1 Å². The van der Waals surface area contributed by atoms with E-state index in [1.165, 1.54) is 23.9 Å². The maximum absolute atomic E-state index is 14.1. The molecule has 1 aromatic carbocycles. The molecule has 1 fully saturated rings. The van der Waals surface area contributed by atoms with Crippen molar-refractivity contribution in [2.24, 2.45) is 14.1 Å². The van der Waals surface area contributed by atoms with Gasteiger partial charge in [0.05, 0.1) is 6.20 Å². The molecule has 3 N–H and O–H groups in total. The largest absolute Gasteiger partial charge is 0.398 e. The summed E-state index contributed by atoms with van der Waals surface area (Å²) in [5, 5.41) is 4.33. The van der Waals surface area contributed by atoms with Crippen molar-refractivity contribution in [3.63, 3.8) is 0 Å². The average molecular weight is 384 g/mol. The normalized spacial score (nSPS) is 16.7. The van der Waals surface area contributed by atoms with E-state index in [9.17, 15) is 14.0 Å². The molecule has 1 aliphatic heterocycles. The topological polar surface area (TPSA) is 98.2 Å². The molecule has 1 atom stereocenters. The zero-order valence-corrected chi connectivity index (χ0v) is 15.6. The predicted octanol–water partition coefficient (Wildman–Crippen LogP) is 1.04. The van der Waals surface area contributed by atoms with Crippen LogP contribution in [-0.2, 0) is 14.1 Å². The minimum atomic E-state index is -0.457. The van der Waals surface area contributed by atoms with Crippen LogP contribution in [0.25, 0.3) is 10.8 Å². The molecule has 9 heteroatoms. The summed E-state index contributed by atoms with van der Waals surface area (Å²) in [6.45, 7) is 1.27. The number of benzene rings is 1. The number of anilines is 3. The van der Waals surface area contributed by atoms with Crippen molar-refractivity contribution in [2.75, 3.05) is 29.0 Å². The highest BCUT2D eigenvalue weighted by molar-refractivity contribution is 5.99. The van der Waals surface area contributed by atoms with Gasteiger partial charge in [-0.25, -0.2) is 14.2 Å². The minimum absolute atomic E-state index is 0.0294. The van der Waals surface area contributed by atoms with Gasteiger partial charge in [-0.15, -0.1) is 0 Å². The number of nitrogen functional groups attached to an aromatic ring is 1. The molecule has 1 saturated heterocycles. The van der Waals surface area contributed by atoms with E-state index in [-0.39, 0.29) is 17.3 Å². The van der Waals surface area contributed by atoms with E-state index in [0.717, 1.165) is 11.0 Å². The molecule has 28 heavy (non-hydrogen) atoms. The van der Waals surface area contributed by atoms with Gasteiger partial charge in [0.2, 0.25) is 0 Å². The summed E-state index contributed by atoms with van der Waals surface area (Å²) in [6, 6.07) is 6.70. The second-order valence-electron chi connectivity index (χ2n) is 7.04. The van der Waals surface area contributed by atoms with Crippen LogP contribution < -0.4 is 27.2 Å². The Morgan fingerprint density at radius 1 is 1.25 bits per heavy atom. The lowest BCUT2D eigenvalue weighted by atomic mass is 10.1. The number of aromatic nitrogens is 3. The van der Waals surface area contributed by atoms with E-state index in [2.05, 4.69) is 10.3 Å². The zero-order chi connectivity index (χ0) is 20.0. The van der Waals surface area contributed by atoms with Crippen LogP contribution in [0.4, 0.5) is 21.7 Å². The predicted molar refractivity (Wildman–Crippen MR) is 107 cm³/mol. The highest BCUT2D eigenvalue weighted by Crippen LogP contribution is 2.29. The lowest BCUT2D eigenvalue weighted by Gasteiger charge is -2.22. The van der Waals surface area contributed by atoms with Crippen molar-refractivity contribution in [1.29, 1.82) is 0 Å². The molecule has 0 saturated carbocycles. The highest BCUT2D eigenvalue weighted by Gasteiger charge is 2.26. The fourth-order valence-electron chi connectivity index (χ4n) is 3.71. The molecule has 0 radical (unpaired) electrons. The fourth-order valence-corrected chi connectivity index (χ4v) is 3.71. The maximum atomic E-state index is 14.1. The number of nitrogens with one attached hydrogen (secondary N) is 1. The third-order valence-corrected chi connectivity index (χ3v) is 5.25. The van der Waals surface area contributed by atoms with Gasteiger partial charge < -0.3 is 16.0 Å². The van der Waals surface area contributed by atoms with Gasteiger partial charge in [0.25, 0.3) is 5.56 Å². The molecule has 4 rings (SSSR count). The van der Waals surface area contributed by atoms with Gasteiger partial charge in [0.1, 0.15) is 11.6 Å². The summed E-state index contributed by atoms with van der Waals surface area (Å²) in [5.74, 6) is 0.689. The van der Waals surface area contributed by atoms with Crippen LogP contribution in [0.2, 0.25) is 0 Å². The summed E-state index contributed by atoms with van der Waals surface area (Å²) in [4.78, 5) is 30.4. The van der Waals surface area contributed by atoms with Crippen molar-refractivity contribution in [2.45, 2.75) is 12.5 Å². The number of pyridine rings is 1. The van der Waals surface area contributed by atoms with Gasteiger partial charge in [-0.05, 0) is 12.5 Å². The molecule has 0 bridgehead atoms. The maximum Gasteiger partial charge on any atom is 0.332 e. The molecule has 0 aliphatic carbocycles. The Hall–Kier alpha value is -3.36. The van der Waals surface area contributed by atoms with Gasteiger partial charge in [-0.1, -0.05) is 12.1 Å². The molecule has 3 heterocycles. The summed E-state index contributed by atoms with van der Waals surface area (Å²) in [7, 11) is 3.11. The SMILES string of the molecule is Cn1c(N2CC[C@H](Nc3ncc(F)c4c(N)cccc34)C2)cc(=O)n(C)c1=O. The van der Waals surface area contributed by atoms with E-state index in [4.69, 9.17) is 5.73 Å². The summed E-state index contributed by atoms with van der Waals surface area (Å²) in [5.41, 5.74) is 5.59. The first-order valence-electron chi connectivity index (χ1n) is 8.98. The summed E-state index contributed by atoms with van der Waals surface area (Å²) >= 11 is 0. The van der Waals surface area contributed by atoms with Gasteiger partial charge in [-0.2, -0.15) is 0 Å². The molecule has 8 nitrogen and oxygen atoms in total. The van der Waals surface area contributed by atoms with Crippen molar-refractivity contribution < 1.29 is 4.39 Å². The molecule has 1 aliphatic rings. The van der Waals surface area contributed by atoms with Crippen molar-refractivity contribution >= 4 is 28.1 Å². The Bertz CT molecular complexity index is 1180. The number of hydrogen-bond acceptors (Lipinski definition) is 6. The third-order valence-electron chi connectivity index (χ3n) is 5.25. The smallest absolute Gasteiger partial charge is 0.332 e. The van der Waals surface area contributed by atoms with Gasteiger partial charge >= 0.3 is 5.69 Å². The van der Waals surface area contributed by atoms with Crippen LogP contribution in [0.15, 0.2) is 40.1 Å². The van der Waals surface area contributed by atoms with E-state index in [1.807, 2.05) is 4.90 Å². The first kappa shape index (κ1) is 18.0. The first-order valence-corrected chi connectivity index (χ1v) is 8.98. The summed E-state index contributed by atoms with van der Waals surface area (Å²) < 4.78 is 16.7. The second kappa shape index (κ2) is 6.66. The van der Waals surface area contributed by atoms with Gasteiger partial charge in [-0.3, -0.25) is 13.9 Å². The Balaban J connectivity index is 1.61. The first-order chi connectivity index (χ1) is 13.4. The molecule has 0 amide bonds. The van der Waals surface area contributed by atoms with Crippen molar-refractivity contribution in [3.8, 4) is 0 Å². The van der Waals surface area contributed by atoms with E-state index >= 15 is 0 Å². The number of nitrogens with zero attached hydrogens (tertiary/aromatic N) is 4. The molecular weight excluding hydrogens is 363 g/mol. The molecular formula is C19H21FN6O2. The molecule has 2 aromatic heterocycles. The third kappa shape index (κ3) is 2.88. The molecule has 0 unspecified atom stereocenters. The van der Waals surface area contributed by atoms with Gasteiger partial charge in [0.15, 0.2) is 5.82 Å². The monoisotopic (exact) mass is 384 g/mol. The van der Waals surface area contributed by atoms with E-state index in [1.54, 1.807) is 25.2 Å². The van der Waals surface area contributed by atoms with Crippen LogP contribution in [0, 0.1) is 5.82 Å². The van der Waals surface area contributed by atoms with E-state index in [0.29, 0.717) is 41.2 Å². The summed E-state index contributed by atoms with van der Waals surface area (Å²) in [6.07, 6.45) is 1.95. The molecule has 3 aromatic rings. The van der Waals surface area contributed by atoms with Crippen LogP contribution >= 0.6 is 0 Å². The minimum Gasteiger partial charge on any atom is -0.398 e. The lowest BCUT2D eigenvalue weighted by molar-refractivity contribution is 0.634. The zero-order valence-electron chi connectivity index (χ0n) is 15.6. The second-order valence-corrected chi connectivity index (χ2v) is 7.04. The van der Waals surface area contributed by atoms with Crippen LogP contribution in [-0.4, -0.2) is 33.2 Å². The van der Waals surface area contributed by atoms with Gasteiger partial charge in [0, 0.05) is 55.8 Å². The highest BCUT2D eigenvalue weighted by atomic mass is 19.1. The molecule has 0 spiro atoms. The van der Waals surface area contributed by atoms with Crippen LogP contribution in [0.5, 0.6) is 0 Å². The number of hydrogen-bond donors (Lipinski definition) is 2. The Labute approximate surface area is 160 Å². The Morgan fingerprint density at radius 2 is 2.04 bits per heavy atom. The molecule has 146 valence electrons. The number of rotatable bonds is 3. The fraction of sp³-hybridized carbons (Fsp3) is 0.316. The Morgan fingerprint density at radius 3 is 2.82 bits per heavy atom. The van der Waals surface area contributed by atoms with Crippen LogP contribution in [0.1, 0.15) is 6.42 Å². The number of fused-ring (bicyclic) bond motifs is 1. The standard InChI is InChI=1S/C19H21FN6O2/c1-24-15(8-16(27)25(2)19(24)28)26-7-6-11(10-26)23-18-12-4-3-5-14(21)17(12)13(20)9-22-18/h3-5,8-9,11H,6-7,10,21H2,1-2H3,(H,22,23)/t11-/m0/s1. The van der Waals surface area contributed by atoms with Crippen LogP contribution in [0.3, 0.4) is 0 Å². The number of nitrogens with two attached hydrogens (primary N) is 1. The van der Waals surface area contributed by atoms with E-state index < -0.39 is 5.82 Å².